The quantitative estimate of drug-likeness (QED) is 0.705. The summed E-state index contributed by atoms with van der Waals surface area (Å²) < 4.78 is 6.37. The van der Waals surface area contributed by atoms with Crippen LogP contribution in [0.3, 0.4) is 0 Å². The Hall–Kier alpha value is -1.58. The van der Waals surface area contributed by atoms with Gasteiger partial charge in [-0.2, -0.15) is 5.10 Å². The normalized spacial score (nSPS) is 42.2. The monoisotopic (exact) mass is 394 g/mol. The molecule has 6 unspecified atom stereocenters. The van der Waals surface area contributed by atoms with Gasteiger partial charge in [-0.15, -0.1) is 0 Å². The van der Waals surface area contributed by atoms with Crippen molar-refractivity contribution in [1.82, 2.24) is 10.2 Å². The third-order valence-electron chi connectivity index (χ3n) is 9.73. The molecule has 4 nitrogen and oxygen atoms in total. The predicted octanol–water partition coefficient (Wildman–Crippen LogP) is 5.16. The van der Waals surface area contributed by atoms with Gasteiger partial charge in [0, 0.05) is 11.3 Å². The molecule has 1 heterocycles. The molecule has 4 heteroatoms. The second kappa shape index (κ2) is 5.98. The first kappa shape index (κ1) is 18.2. The van der Waals surface area contributed by atoms with Crippen LogP contribution in [0.2, 0.25) is 0 Å². The summed E-state index contributed by atoms with van der Waals surface area (Å²) >= 11 is 0. The molecule has 5 aliphatic rings. The summed E-state index contributed by atoms with van der Waals surface area (Å²) in [6.45, 7) is 6.98. The summed E-state index contributed by atoms with van der Waals surface area (Å²) in [5.74, 6) is 3.77. The fourth-order valence-corrected chi connectivity index (χ4v) is 7.73. The number of fused-ring (bicyclic) bond motifs is 6. The van der Waals surface area contributed by atoms with Crippen molar-refractivity contribution in [3.05, 3.63) is 23.0 Å². The zero-order valence-electron chi connectivity index (χ0n) is 18.0. The number of H-pyrrole nitrogens is 1. The van der Waals surface area contributed by atoms with Crippen molar-refractivity contribution in [1.29, 1.82) is 0 Å². The highest BCUT2D eigenvalue weighted by atomic mass is 16.6. The van der Waals surface area contributed by atoms with Crippen molar-refractivity contribution in [2.75, 3.05) is 0 Å². The topological polar surface area (TPSA) is 55.0 Å². The van der Waals surface area contributed by atoms with E-state index in [4.69, 9.17) is 4.74 Å². The minimum atomic E-state index is -0.303. The van der Waals surface area contributed by atoms with Gasteiger partial charge >= 0.3 is 5.97 Å². The Labute approximate surface area is 173 Å². The van der Waals surface area contributed by atoms with E-state index in [0.717, 1.165) is 31.1 Å². The van der Waals surface area contributed by atoms with Crippen LogP contribution in [-0.4, -0.2) is 21.8 Å². The first-order chi connectivity index (χ1) is 13.9. The van der Waals surface area contributed by atoms with E-state index < -0.39 is 0 Å². The molecule has 0 saturated heterocycles. The molecular weight excluding hydrogens is 360 g/mol. The first-order valence-electron chi connectivity index (χ1n) is 11.8. The molecule has 0 aliphatic heterocycles. The second-order valence-electron chi connectivity index (χ2n) is 11.4. The molecule has 156 valence electrons. The lowest BCUT2D eigenvalue weighted by atomic mass is 9.55. The first-order valence-corrected chi connectivity index (χ1v) is 11.8. The fourth-order valence-electron chi connectivity index (χ4n) is 7.73. The molecule has 1 aromatic heterocycles. The number of allylic oxidation sites excluding steroid dienone is 1. The Morgan fingerprint density at radius 2 is 1.93 bits per heavy atom. The molecule has 1 aromatic rings. The van der Waals surface area contributed by atoms with Crippen LogP contribution in [-0.2, 0) is 16.0 Å². The number of aromatic nitrogens is 2. The van der Waals surface area contributed by atoms with E-state index in [2.05, 4.69) is 37.0 Å². The van der Waals surface area contributed by atoms with Gasteiger partial charge < -0.3 is 4.74 Å². The highest BCUT2D eigenvalue weighted by Gasteiger charge is 2.63. The maximum Gasteiger partial charge on any atom is 0.309 e. The van der Waals surface area contributed by atoms with Gasteiger partial charge in [-0.05, 0) is 93.6 Å². The van der Waals surface area contributed by atoms with E-state index in [-0.39, 0.29) is 22.9 Å². The molecule has 29 heavy (non-hydrogen) atoms. The van der Waals surface area contributed by atoms with Crippen molar-refractivity contribution in [2.24, 2.45) is 40.9 Å². The lowest BCUT2D eigenvalue weighted by Crippen LogP contribution is -2.50. The second-order valence-corrected chi connectivity index (χ2v) is 11.4. The average Bonchev–Trinajstić information content (AvgIpc) is 3.40. The molecule has 4 fully saturated rings. The lowest BCUT2D eigenvalue weighted by molar-refractivity contribution is -0.179. The number of carbonyl (C=O) groups is 1. The molecule has 6 atom stereocenters. The lowest BCUT2D eigenvalue weighted by Gasteiger charge is -2.51. The van der Waals surface area contributed by atoms with Crippen LogP contribution in [0.25, 0.3) is 6.08 Å². The number of rotatable bonds is 2. The van der Waals surface area contributed by atoms with Crippen molar-refractivity contribution in [2.45, 2.75) is 77.7 Å². The summed E-state index contributed by atoms with van der Waals surface area (Å²) in [7, 11) is 0. The Morgan fingerprint density at radius 3 is 2.72 bits per heavy atom. The van der Waals surface area contributed by atoms with Crippen LogP contribution in [0.5, 0.6) is 0 Å². The summed E-state index contributed by atoms with van der Waals surface area (Å²) in [5, 5.41) is 7.46. The number of aromatic amines is 1. The molecule has 0 bridgehead atoms. The molecule has 0 aromatic carbocycles. The van der Waals surface area contributed by atoms with Gasteiger partial charge in [-0.3, -0.25) is 9.89 Å². The zero-order valence-corrected chi connectivity index (χ0v) is 18.0. The van der Waals surface area contributed by atoms with E-state index in [1.165, 1.54) is 43.4 Å². The predicted molar refractivity (Wildman–Crippen MR) is 112 cm³/mol. The molecule has 4 saturated carbocycles. The number of hydrogen-bond acceptors (Lipinski definition) is 3. The SMILES string of the molecule is CC1(C)CC2C3CCC4=Cc5[nH]ncc5CC4C3CCC2C1(C)OC(=O)C1CC1. The van der Waals surface area contributed by atoms with E-state index in [1.54, 1.807) is 5.57 Å². The Morgan fingerprint density at radius 1 is 1.10 bits per heavy atom. The van der Waals surface area contributed by atoms with E-state index in [1.807, 2.05) is 6.20 Å². The zero-order chi connectivity index (χ0) is 20.0. The Kier molecular flexibility index (Phi) is 3.76. The maximum absolute atomic E-state index is 12.7. The maximum atomic E-state index is 12.7. The van der Waals surface area contributed by atoms with Gasteiger partial charge in [0.1, 0.15) is 5.60 Å². The number of ether oxygens (including phenoxy) is 1. The Balaban J connectivity index is 1.28. The molecular formula is C25H34N2O2. The largest absolute Gasteiger partial charge is 0.458 e. The van der Waals surface area contributed by atoms with Crippen molar-refractivity contribution >= 4 is 12.0 Å². The number of hydrogen-bond donors (Lipinski definition) is 1. The number of carbonyl (C=O) groups excluding carboxylic acids is 1. The Bertz CT molecular complexity index is 879. The standard InChI is InChI=1S/C25H34N2O2/c1-24(2)12-20-18-7-6-15-11-22-16(13-26-27-22)10-19(15)17(18)8-9-21(20)25(24,3)29-23(28)14-4-5-14/h11,13-14,17-21H,4-10,12H2,1-3H3,(H,26,27). The van der Waals surface area contributed by atoms with Gasteiger partial charge in [0.15, 0.2) is 0 Å². The van der Waals surface area contributed by atoms with Crippen LogP contribution in [0, 0.1) is 40.9 Å². The highest BCUT2D eigenvalue weighted by molar-refractivity contribution is 5.75. The number of nitrogens with one attached hydrogen (secondary N) is 1. The molecule has 0 spiro atoms. The van der Waals surface area contributed by atoms with E-state index >= 15 is 0 Å². The smallest absolute Gasteiger partial charge is 0.309 e. The van der Waals surface area contributed by atoms with Gasteiger partial charge in [0.25, 0.3) is 0 Å². The van der Waals surface area contributed by atoms with Crippen molar-refractivity contribution in [3.63, 3.8) is 0 Å². The summed E-state index contributed by atoms with van der Waals surface area (Å²) in [5.41, 5.74) is 4.05. The van der Waals surface area contributed by atoms with Crippen LogP contribution in [0.15, 0.2) is 11.8 Å². The third-order valence-corrected chi connectivity index (χ3v) is 9.73. The number of esters is 1. The molecule has 5 aliphatic carbocycles. The van der Waals surface area contributed by atoms with Gasteiger partial charge in [0.05, 0.1) is 17.8 Å². The van der Waals surface area contributed by atoms with Gasteiger partial charge in [0.2, 0.25) is 0 Å². The van der Waals surface area contributed by atoms with E-state index in [9.17, 15) is 4.79 Å². The highest BCUT2D eigenvalue weighted by Crippen LogP contribution is 2.65. The molecule has 1 N–H and O–H groups in total. The third kappa shape index (κ3) is 2.56. The minimum Gasteiger partial charge on any atom is -0.458 e. The summed E-state index contributed by atoms with van der Waals surface area (Å²) in [4.78, 5) is 12.7. The van der Waals surface area contributed by atoms with Gasteiger partial charge in [-0.25, -0.2) is 0 Å². The van der Waals surface area contributed by atoms with Crippen LogP contribution >= 0.6 is 0 Å². The summed E-state index contributed by atoms with van der Waals surface area (Å²) in [6.07, 6.45) is 13.9. The van der Waals surface area contributed by atoms with Gasteiger partial charge in [-0.1, -0.05) is 19.4 Å². The summed E-state index contributed by atoms with van der Waals surface area (Å²) in [6, 6.07) is 0. The molecule has 0 amide bonds. The average molecular weight is 395 g/mol. The minimum absolute atomic E-state index is 0.0577. The van der Waals surface area contributed by atoms with Crippen molar-refractivity contribution in [3.8, 4) is 0 Å². The molecule has 6 rings (SSSR count). The van der Waals surface area contributed by atoms with Crippen LogP contribution in [0.4, 0.5) is 0 Å². The van der Waals surface area contributed by atoms with Crippen molar-refractivity contribution < 1.29 is 9.53 Å². The number of nitrogens with zero attached hydrogens (tertiary/aromatic N) is 1. The molecule has 0 radical (unpaired) electrons. The van der Waals surface area contributed by atoms with Crippen LogP contribution in [0.1, 0.15) is 77.0 Å². The van der Waals surface area contributed by atoms with E-state index in [0.29, 0.717) is 17.8 Å². The fraction of sp³-hybridized carbons (Fsp3) is 0.760. The van der Waals surface area contributed by atoms with Crippen LogP contribution < -0.4 is 0 Å².